The molecule has 2 heterocycles. The van der Waals surface area contributed by atoms with Crippen LogP contribution in [-0.2, 0) is 4.79 Å². The van der Waals surface area contributed by atoms with E-state index in [2.05, 4.69) is 51.5 Å². The summed E-state index contributed by atoms with van der Waals surface area (Å²) in [5.41, 5.74) is 3.39. The lowest BCUT2D eigenvalue weighted by Crippen LogP contribution is -2.52. The van der Waals surface area contributed by atoms with E-state index in [1.807, 2.05) is 49.4 Å². The zero-order chi connectivity index (χ0) is 24.2. The number of para-hydroxylation sites is 1. The predicted octanol–water partition coefficient (Wildman–Crippen LogP) is 5.25. The molecule has 6 nitrogen and oxygen atoms in total. The van der Waals surface area contributed by atoms with E-state index in [0.29, 0.717) is 11.4 Å². The van der Waals surface area contributed by atoms with Gasteiger partial charge in [-0.25, -0.2) is 0 Å². The molecule has 1 saturated heterocycles. The van der Waals surface area contributed by atoms with Crippen molar-refractivity contribution in [3.05, 3.63) is 78.4 Å². The number of hydrogen-bond acceptors (Lipinski definition) is 5. The number of anilines is 1. The third kappa shape index (κ3) is 5.09. The lowest BCUT2D eigenvalue weighted by molar-refractivity contribution is -0.121. The number of carbonyl (C=O) groups excluding carboxylic acids is 1. The average molecular weight is 470 g/mol. The molecule has 1 aliphatic heterocycles. The highest BCUT2D eigenvalue weighted by Crippen LogP contribution is 2.36. The number of rotatable bonds is 7. The number of amides is 1. The molecule has 1 unspecified atom stereocenters. The molecule has 5 rings (SSSR count). The summed E-state index contributed by atoms with van der Waals surface area (Å²) in [7, 11) is 1.62. The maximum Gasteiger partial charge on any atom is 0.241 e. The number of ether oxygens (including phenoxy) is 1. The Labute approximate surface area is 205 Å². The van der Waals surface area contributed by atoms with Crippen molar-refractivity contribution in [2.75, 3.05) is 45.2 Å². The van der Waals surface area contributed by atoms with Crippen LogP contribution in [0.1, 0.15) is 12.5 Å². The van der Waals surface area contributed by atoms with Crippen molar-refractivity contribution < 1.29 is 13.9 Å². The van der Waals surface area contributed by atoms with E-state index in [1.54, 1.807) is 7.11 Å². The number of carbonyl (C=O) groups is 1. The first kappa shape index (κ1) is 23.1. The summed E-state index contributed by atoms with van der Waals surface area (Å²) in [5.74, 6) is 0.579. The molecule has 3 aromatic carbocycles. The molecule has 1 amide bonds. The molecular weight excluding hydrogens is 438 g/mol. The molecule has 35 heavy (non-hydrogen) atoms. The molecule has 1 aromatic heterocycles. The van der Waals surface area contributed by atoms with Crippen LogP contribution in [0.5, 0.6) is 5.75 Å². The van der Waals surface area contributed by atoms with E-state index < -0.39 is 0 Å². The van der Waals surface area contributed by atoms with Crippen LogP contribution in [0.25, 0.3) is 28.0 Å². The van der Waals surface area contributed by atoms with Crippen LogP contribution in [0, 0.1) is 0 Å². The Morgan fingerprint density at radius 1 is 1.00 bits per heavy atom. The fourth-order valence-electron chi connectivity index (χ4n) is 4.66. The molecule has 180 valence electrons. The fraction of sp³-hybridized carbons (Fsp3) is 0.276. The summed E-state index contributed by atoms with van der Waals surface area (Å²) in [4.78, 5) is 17.8. The molecule has 1 fully saturated rings. The van der Waals surface area contributed by atoms with Gasteiger partial charge in [0.1, 0.15) is 16.9 Å². The highest BCUT2D eigenvalue weighted by molar-refractivity contribution is 6.08. The van der Waals surface area contributed by atoms with Crippen molar-refractivity contribution in [1.29, 1.82) is 0 Å². The van der Waals surface area contributed by atoms with Crippen LogP contribution in [0.4, 0.5) is 5.69 Å². The zero-order valence-electron chi connectivity index (χ0n) is 20.2. The van der Waals surface area contributed by atoms with Gasteiger partial charge in [0.15, 0.2) is 0 Å². The average Bonchev–Trinajstić information content (AvgIpc) is 3.26. The fourth-order valence-corrected chi connectivity index (χ4v) is 4.66. The van der Waals surface area contributed by atoms with E-state index in [0.717, 1.165) is 54.7 Å². The molecule has 1 aliphatic rings. The van der Waals surface area contributed by atoms with Gasteiger partial charge in [-0.1, -0.05) is 60.7 Å². The van der Waals surface area contributed by atoms with Gasteiger partial charge in [-0.05, 0) is 24.6 Å². The summed E-state index contributed by atoms with van der Waals surface area (Å²) >= 11 is 0. The van der Waals surface area contributed by atoms with Crippen molar-refractivity contribution in [2.24, 2.45) is 0 Å². The first-order valence-corrected chi connectivity index (χ1v) is 12.1. The monoisotopic (exact) mass is 469 g/mol. The minimum atomic E-state index is -0.243. The summed E-state index contributed by atoms with van der Waals surface area (Å²) in [6.07, 6.45) is 4.37. The Balaban J connectivity index is 1.20. The molecule has 0 saturated carbocycles. The van der Waals surface area contributed by atoms with Gasteiger partial charge in [0.05, 0.1) is 18.8 Å². The second kappa shape index (κ2) is 10.3. The lowest BCUT2D eigenvalue weighted by Gasteiger charge is -2.37. The molecule has 0 aliphatic carbocycles. The van der Waals surface area contributed by atoms with Gasteiger partial charge in [-0.3, -0.25) is 14.6 Å². The molecule has 4 aromatic rings. The van der Waals surface area contributed by atoms with Gasteiger partial charge >= 0.3 is 0 Å². The van der Waals surface area contributed by atoms with Gasteiger partial charge < -0.3 is 14.5 Å². The van der Waals surface area contributed by atoms with Crippen molar-refractivity contribution in [2.45, 2.75) is 13.0 Å². The number of nitrogens with one attached hydrogen (secondary N) is 1. The number of methoxy groups -OCH3 is 1. The second-order valence-corrected chi connectivity index (χ2v) is 8.96. The van der Waals surface area contributed by atoms with E-state index >= 15 is 0 Å². The largest absolute Gasteiger partial charge is 0.495 e. The molecule has 0 radical (unpaired) electrons. The summed E-state index contributed by atoms with van der Waals surface area (Å²) in [6.45, 7) is 6.46. The molecule has 1 atom stereocenters. The Morgan fingerprint density at radius 3 is 2.51 bits per heavy atom. The predicted molar refractivity (Wildman–Crippen MR) is 142 cm³/mol. The van der Waals surface area contributed by atoms with E-state index in [4.69, 9.17) is 9.15 Å². The van der Waals surface area contributed by atoms with Gasteiger partial charge in [-0.15, -0.1) is 0 Å². The number of hydrogen-bond donors (Lipinski definition) is 1. The van der Waals surface area contributed by atoms with Crippen molar-refractivity contribution in [1.82, 2.24) is 9.80 Å². The van der Waals surface area contributed by atoms with Gasteiger partial charge in [-0.2, -0.15) is 0 Å². The standard InChI is InChI=1S/C29H31N3O3/c1-21(32-17-15-31(16-18-32)14-8-11-22-9-4-3-5-10-22)29(33)30-25-20-27-24(19-28(25)34-2)23-12-6-7-13-26(23)35-27/h3-13,19-21H,14-18H2,1-2H3,(H,30,33). The summed E-state index contributed by atoms with van der Waals surface area (Å²) < 4.78 is 11.6. The maximum absolute atomic E-state index is 13.1. The van der Waals surface area contributed by atoms with Crippen LogP contribution in [-0.4, -0.2) is 61.6 Å². The SMILES string of the molecule is COc1cc2c(cc1NC(=O)C(C)N1CCN(CC=Cc3ccccc3)CC1)oc1ccccc12. The molecule has 6 heteroatoms. The van der Waals surface area contributed by atoms with Gasteiger partial charge in [0.2, 0.25) is 5.91 Å². The molecule has 0 spiro atoms. The van der Waals surface area contributed by atoms with Crippen molar-refractivity contribution >= 4 is 39.6 Å². The Kier molecular flexibility index (Phi) is 6.84. The first-order valence-electron chi connectivity index (χ1n) is 12.1. The smallest absolute Gasteiger partial charge is 0.241 e. The Hall–Kier alpha value is -3.61. The zero-order valence-corrected chi connectivity index (χ0v) is 20.2. The van der Waals surface area contributed by atoms with E-state index in [9.17, 15) is 4.79 Å². The second-order valence-electron chi connectivity index (χ2n) is 8.96. The van der Waals surface area contributed by atoms with Gasteiger partial charge in [0.25, 0.3) is 0 Å². The number of fused-ring (bicyclic) bond motifs is 3. The van der Waals surface area contributed by atoms with E-state index in [1.165, 1.54) is 5.56 Å². The number of piperazine rings is 1. The highest BCUT2D eigenvalue weighted by Gasteiger charge is 2.26. The highest BCUT2D eigenvalue weighted by atomic mass is 16.5. The normalized spacial score (nSPS) is 16.2. The van der Waals surface area contributed by atoms with Gasteiger partial charge in [0, 0.05) is 49.6 Å². The molecule has 1 N–H and O–H groups in total. The first-order chi connectivity index (χ1) is 17.1. The third-order valence-electron chi connectivity index (χ3n) is 6.76. The van der Waals surface area contributed by atoms with Crippen LogP contribution in [0.2, 0.25) is 0 Å². The minimum absolute atomic E-state index is 0.0452. The molecule has 0 bridgehead atoms. The minimum Gasteiger partial charge on any atom is -0.495 e. The van der Waals surface area contributed by atoms with Crippen molar-refractivity contribution in [3.8, 4) is 5.75 Å². The maximum atomic E-state index is 13.1. The van der Waals surface area contributed by atoms with Crippen LogP contribution in [0.15, 0.2) is 77.2 Å². The Bertz CT molecular complexity index is 1340. The number of nitrogens with zero attached hydrogens (tertiary/aromatic N) is 2. The molecular formula is C29H31N3O3. The Morgan fingerprint density at radius 2 is 1.74 bits per heavy atom. The van der Waals surface area contributed by atoms with Crippen LogP contribution < -0.4 is 10.1 Å². The van der Waals surface area contributed by atoms with Crippen molar-refractivity contribution in [3.63, 3.8) is 0 Å². The quantitative estimate of drug-likeness (QED) is 0.401. The number of benzene rings is 3. The summed E-state index contributed by atoms with van der Waals surface area (Å²) in [5, 5.41) is 5.07. The lowest BCUT2D eigenvalue weighted by atomic mass is 10.1. The summed E-state index contributed by atoms with van der Waals surface area (Å²) in [6, 6.07) is 21.8. The number of furan rings is 1. The third-order valence-corrected chi connectivity index (χ3v) is 6.76. The van der Waals surface area contributed by atoms with E-state index in [-0.39, 0.29) is 11.9 Å². The van der Waals surface area contributed by atoms with Crippen LogP contribution >= 0.6 is 0 Å². The topological polar surface area (TPSA) is 58.0 Å². The van der Waals surface area contributed by atoms with Crippen LogP contribution in [0.3, 0.4) is 0 Å².